The van der Waals surface area contributed by atoms with Crippen LogP contribution in [0.1, 0.15) is 19.4 Å². The standard InChI is InChI=1S/C10H11N3O.C2H6/c1-6-3-4-8-7(5-6)9(14)13(2)10(11)12-8;1-2/h3-5H,1-2H3,(H2,11,12);1-2H3. The Morgan fingerprint density at radius 1 is 1.31 bits per heavy atom. The smallest absolute Gasteiger partial charge is 0.262 e. The Morgan fingerprint density at radius 2 is 1.94 bits per heavy atom. The Morgan fingerprint density at radius 3 is 2.56 bits per heavy atom. The molecule has 86 valence electrons. The summed E-state index contributed by atoms with van der Waals surface area (Å²) in [5.41, 5.74) is 7.17. The maximum absolute atomic E-state index is 11.7. The van der Waals surface area contributed by atoms with Gasteiger partial charge in [0, 0.05) is 7.05 Å². The third-order valence-corrected chi connectivity index (χ3v) is 2.27. The van der Waals surface area contributed by atoms with Crippen LogP contribution < -0.4 is 11.3 Å². The largest absolute Gasteiger partial charge is 0.369 e. The molecule has 0 saturated heterocycles. The summed E-state index contributed by atoms with van der Waals surface area (Å²) >= 11 is 0. The summed E-state index contributed by atoms with van der Waals surface area (Å²) in [7, 11) is 1.62. The van der Waals surface area contributed by atoms with E-state index in [0.717, 1.165) is 5.56 Å². The minimum absolute atomic E-state index is 0.101. The number of nitrogens with zero attached hydrogens (tertiary/aromatic N) is 2. The number of hydrogen-bond acceptors (Lipinski definition) is 3. The summed E-state index contributed by atoms with van der Waals surface area (Å²) in [5.74, 6) is 0.242. The van der Waals surface area contributed by atoms with Crippen molar-refractivity contribution in [2.45, 2.75) is 20.8 Å². The van der Waals surface area contributed by atoms with Crippen LogP contribution in [-0.4, -0.2) is 9.55 Å². The lowest BCUT2D eigenvalue weighted by Crippen LogP contribution is -2.21. The highest BCUT2D eigenvalue weighted by atomic mass is 16.1. The van der Waals surface area contributed by atoms with Crippen molar-refractivity contribution in [3.63, 3.8) is 0 Å². The van der Waals surface area contributed by atoms with Gasteiger partial charge in [-0.05, 0) is 19.1 Å². The molecule has 0 amide bonds. The Labute approximate surface area is 94.7 Å². The number of nitrogen functional groups attached to an aromatic ring is 1. The Kier molecular flexibility index (Phi) is 3.66. The van der Waals surface area contributed by atoms with Gasteiger partial charge in [-0.3, -0.25) is 9.36 Å². The second kappa shape index (κ2) is 4.79. The SMILES string of the molecule is CC.Cc1ccc2nc(N)n(C)c(=O)c2c1. The quantitative estimate of drug-likeness (QED) is 0.735. The monoisotopic (exact) mass is 219 g/mol. The lowest BCUT2D eigenvalue weighted by atomic mass is 10.2. The molecule has 0 aliphatic carbocycles. The third kappa shape index (κ3) is 2.05. The van der Waals surface area contributed by atoms with Gasteiger partial charge in [-0.2, -0.15) is 0 Å². The minimum Gasteiger partial charge on any atom is -0.369 e. The molecule has 1 aromatic carbocycles. The number of anilines is 1. The first-order chi connectivity index (χ1) is 7.59. The van der Waals surface area contributed by atoms with Crippen LogP contribution in [0.2, 0.25) is 0 Å². The molecule has 16 heavy (non-hydrogen) atoms. The van der Waals surface area contributed by atoms with E-state index in [9.17, 15) is 4.79 Å². The first kappa shape index (κ1) is 12.2. The van der Waals surface area contributed by atoms with Crippen molar-refractivity contribution in [2.75, 3.05) is 5.73 Å². The lowest BCUT2D eigenvalue weighted by Gasteiger charge is -2.04. The summed E-state index contributed by atoms with van der Waals surface area (Å²) in [6.45, 7) is 5.94. The fourth-order valence-corrected chi connectivity index (χ4v) is 1.40. The van der Waals surface area contributed by atoms with E-state index in [0.29, 0.717) is 10.9 Å². The Balaban J connectivity index is 0.000000606. The topological polar surface area (TPSA) is 60.9 Å². The van der Waals surface area contributed by atoms with E-state index in [1.807, 2.05) is 39.0 Å². The summed E-state index contributed by atoms with van der Waals surface area (Å²) in [4.78, 5) is 15.9. The molecule has 0 radical (unpaired) electrons. The van der Waals surface area contributed by atoms with E-state index in [4.69, 9.17) is 5.73 Å². The highest BCUT2D eigenvalue weighted by Gasteiger charge is 2.04. The van der Waals surface area contributed by atoms with Crippen LogP contribution >= 0.6 is 0 Å². The van der Waals surface area contributed by atoms with Crippen molar-refractivity contribution in [2.24, 2.45) is 7.05 Å². The molecule has 0 aliphatic heterocycles. The summed E-state index contributed by atoms with van der Waals surface area (Å²) < 4.78 is 1.35. The van der Waals surface area contributed by atoms with E-state index >= 15 is 0 Å². The van der Waals surface area contributed by atoms with Crippen LogP contribution in [0.4, 0.5) is 5.95 Å². The molecule has 0 spiro atoms. The molecule has 1 aromatic heterocycles. The first-order valence-electron chi connectivity index (χ1n) is 5.32. The van der Waals surface area contributed by atoms with Gasteiger partial charge in [0.25, 0.3) is 5.56 Å². The second-order valence-corrected chi connectivity index (χ2v) is 3.35. The molecule has 2 aromatic rings. The van der Waals surface area contributed by atoms with Crippen molar-refractivity contribution in [3.8, 4) is 0 Å². The minimum atomic E-state index is -0.101. The highest BCUT2D eigenvalue weighted by Crippen LogP contribution is 2.10. The van der Waals surface area contributed by atoms with E-state index in [2.05, 4.69) is 4.98 Å². The van der Waals surface area contributed by atoms with Gasteiger partial charge in [-0.15, -0.1) is 0 Å². The Hall–Kier alpha value is -1.84. The van der Waals surface area contributed by atoms with Crippen molar-refractivity contribution in [1.29, 1.82) is 0 Å². The number of rotatable bonds is 0. The van der Waals surface area contributed by atoms with E-state index in [1.165, 1.54) is 4.57 Å². The average Bonchev–Trinajstić information content (AvgIpc) is 2.30. The number of fused-ring (bicyclic) bond motifs is 1. The van der Waals surface area contributed by atoms with Gasteiger partial charge in [0.05, 0.1) is 10.9 Å². The summed E-state index contributed by atoms with van der Waals surface area (Å²) in [6, 6.07) is 5.54. The molecule has 4 nitrogen and oxygen atoms in total. The van der Waals surface area contributed by atoms with E-state index in [-0.39, 0.29) is 11.5 Å². The van der Waals surface area contributed by atoms with Gasteiger partial charge in [0.2, 0.25) is 5.95 Å². The third-order valence-electron chi connectivity index (χ3n) is 2.27. The van der Waals surface area contributed by atoms with Crippen LogP contribution in [-0.2, 0) is 7.05 Å². The number of aromatic nitrogens is 2. The van der Waals surface area contributed by atoms with Gasteiger partial charge in [0.1, 0.15) is 0 Å². The zero-order valence-corrected chi connectivity index (χ0v) is 10.1. The fourth-order valence-electron chi connectivity index (χ4n) is 1.40. The molecule has 0 fully saturated rings. The summed E-state index contributed by atoms with van der Waals surface area (Å²) in [6.07, 6.45) is 0. The second-order valence-electron chi connectivity index (χ2n) is 3.35. The highest BCUT2D eigenvalue weighted by molar-refractivity contribution is 5.79. The number of hydrogen-bond donors (Lipinski definition) is 1. The molecular formula is C12H17N3O. The predicted octanol–water partition coefficient (Wildman–Crippen LogP) is 1.85. The van der Waals surface area contributed by atoms with Crippen molar-refractivity contribution < 1.29 is 0 Å². The first-order valence-corrected chi connectivity index (χ1v) is 5.32. The molecule has 0 bridgehead atoms. The maximum Gasteiger partial charge on any atom is 0.262 e. The molecule has 0 unspecified atom stereocenters. The van der Waals surface area contributed by atoms with Gasteiger partial charge in [0.15, 0.2) is 0 Å². The molecule has 4 heteroatoms. The number of aryl methyl sites for hydroxylation is 1. The Bertz CT molecular complexity index is 558. The van der Waals surface area contributed by atoms with Crippen molar-refractivity contribution in [3.05, 3.63) is 34.1 Å². The molecule has 1 heterocycles. The van der Waals surface area contributed by atoms with Gasteiger partial charge < -0.3 is 5.73 Å². The average molecular weight is 219 g/mol. The fraction of sp³-hybridized carbons (Fsp3) is 0.333. The van der Waals surface area contributed by atoms with Crippen LogP contribution in [0.15, 0.2) is 23.0 Å². The normalized spacial score (nSPS) is 9.75. The van der Waals surface area contributed by atoms with Crippen LogP contribution in [0, 0.1) is 6.92 Å². The van der Waals surface area contributed by atoms with Crippen LogP contribution in [0.25, 0.3) is 10.9 Å². The molecule has 0 aliphatic rings. The molecule has 0 saturated carbocycles. The summed E-state index contributed by atoms with van der Waals surface area (Å²) in [5, 5.41) is 0.613. The lowest BCUT2D eigenvalue weighted by molar-refractivity contribution is 0.861. The van der Waals surface area contributed by atoms with Gasteiger partial charge in [-0.1, -0.05) is 25.5 Å². The van der Waals surface area contributed by atoms with Crippen molar-refractivity contribution in [1.82, 2.24) is 9.55 Å². The zero-order valence-electron chi connectivity index (χ0n) is 10.1. The molecular weight excluding hydrogens is 202 g/mol. The van der Waals surface area contributed by atoms with Gasteiger partial charge in [-0.25, -0.2) is 4.98 Å². The molecule has 0 atom stereocenters. The zero-order chi connectivity index (χ0) is 12.3. The maximum atomic E-state index is 11.7. The van der Waals surface area contributed by atoms with E-state index in [1.54, 1.807) is 7.05 Å². The molecule has 2 N–H and O–H groups in total. The van der Waals surface area contributed by atoms with E-state index < -0.39 is 0 Å². The number of benzene rings is 1. The predicted molar refractivity (Wildman–Crippen MR) is 67.5 cm³/mol. The number of nitrogens with two attached hydrogens (primary N) is 1. The van der Waals surface area contributed by atoms with Crippen molar-refractivity contribution >= 4 is 16.9 Å². The molecule has 2 rings (SSSR count). The van der Waals surface area contributed by atoms with Gasteiger partial charge >= 0.3 is 0 Å². The van der Waals surface area contributed by atoms with Crippen LogP contribution in [0.5, 0.6) is 0 Å². The van der Waals surface area contributed by atoms with Crippen LogP contribution in [0.3, 0.4) is 0 Å².